The number of nitrogens with zero attached hydrogens (tertiary/aromatic N) is 3. The fraction of sp³-hybridized carbons (Fsp3) is 0.526. The van der Waals surface area contributed by atoms with Gasteiger partial charge in [0.25, 0.3) is 0 Å². The summed E-state index contributed by atoms with van der Waals surface area (Å²) in [5.41, 5.74) is 4.78. The minimum atomic E-state index is -1.31. The molecule has 3 N–H and O–H groups in total. The lowest BCUT2D eigenvalue weighted by Gasteiger charge is -2.62. The van der Waals surface area contributed by atoms with Crippen LogP contribution in [-0.2, 0) is 10.3 Å². The van der Waals surface area contributed by atoms with E-state index in [9.17, 15) is 19.1 Å². The van der Waals surface area contributed by atoms with Crippen molar-refractivity contribution in [3.05, 3.63) is 33.9 Å². The van der Waals surface area contributed by atoms with E-state index >= 15 is 0 Å². The molecule has 1 atom stereocenters. The maximum atomic E-state index is 14.9. The normalized spacial score (nSPS) is 28.7. The number of carboxylic acid groups (broad SMARTS) is 1. The third kappa shape index (κ3) is 2.39. The zero-order valence-electron chi connectivity index (χ0n) is 15.2. The van der Waals surface area contributed by atoms with Gasteiger partial charge in [-0.2, -0.15) is 0 Å². The summed E-state index contributed by atoms with van der Waals surface area (Å²) in [5.74, 6) is -1.16. The average molecular weight is 388 g/mol. The van der Waals surface area contributed by atoms with Gasteiger partial charge in [0.2, 0.25) is 5.43 Å². The topological polar surface area (TPSA) is 111 Å². The van der Waals surface area contributed by atoms with Gasteiger partial charge in [0.05, 0.1) is 18.1 Å². The number of aromatic nitrogens is 2. The second-order valence-corrected chi connectivity index (χ2v) is 8.09. The number of carboxylic acids is 1. The third-order valence-electron chi connectivity index (χ3n) is 6.36. The van der Waals surface area contributed by atoms with Crippen LogP contribution in [0.15, 0.2) is 17.1 Å². The first-order chi connectivity index (χ1) is 13.4. The lowest BCUT2D eigenvalue weighted by atomic mass is 9.49. The number of fused-ring (bicyclic) bond motifs is 1. The van der Waals surface area contributed by atoms with Crippen molar-refractivity contribution in [2.75, 3.05) is 31.1 Å². The Kier molecular flexibility index (Phi) is 3.76. The lowest BCUT2D eigenvalue weighted by molar-refractivity contribution is -0.0864. The lowest BCUT2D eigenvalue weighted by Crippen LogP contribution is -2.59. The molecule has 3 aliphatic carbocycles. The Hall–Kier alpha value is -2.52. The van der Waals surface area contributed by atoms with Crippen molar-refractivity contribution >= 4 is 22.8 Å². The van der Waals surface area contributed by atoms with Gasteiger partial charge < -0.3 is 25.0 Å². The molecule has 2 bridgehead atoms. The number of morpholine rings is 1. The Labute approximate surface area is 159 Å². The first-order valence-corrected chi connectivity index (χ1v) is 9.48. The van der Waals surface area contributed by atoms with E-state index in [2.05, 4.69) is 4.98 Å². The molecule has 1 saturated heterocycles. The zero-order valence-corrected chi connectivity index (χ0v) is 15.2. The quantitative estimate of drug-likeness (QED) is 0.801. The standard InChI is InChI=1S/C19H21FN4O4/c20-14-3-12-15(25)13(18(26)27)9-24(19-4-10(5-19)6-19)16(12)22-17(14)23-1-2-28-11(7-21)8-23/h3,9-11H,1-2,4-8,21H2,(H,26,27). The van der Waals surface area contributed by atoms with Gasteiger partial charge in [-0.3, -0.25) is 4.79 Å². The van der Waals surface area contributed by atoms with Crippen LogP contribution in [0.5, 0.6) is 0 Å². The molecule has 4 fully saturated rings. The van der Waals surface area contributed by atoms with E-state index in [0.717, 1.165) is 25.3 Å². The number of rotatable bonds is 4. The maximum Gasteiger partial charge on any atom is 0.341 e. The molecular weight excluding hydrogens is 367 g/mol. The highest BCUT2D eigenvalue weighted by molar-refractivity contribution is 5.92. The van der Waals surface area contributed by atoms with Crippen molar-refractivity contribution in [1.29, 1.82) is 0 Å². The van der Waals surface area contributed by atoms with Gasteiger partial charge >= 0.3 is 5.97 Å². The summed E-state index contributed by atoms with van der Waals surface area (Å²) >= 11 is 0. The van der Waals surface area contributed by atoms with Crippen LogP contribution < -0.4 is 16.1 Å². The van der Waals surface area contributed by atoms with Crippen LogP contribution in [0.2, 0.25) is 0 Å². The summed E-state index contributed by atoms with van der Waals surface area (Å²) in [6, 6.07) is 1.13. The summed E-state index contributed by atoms with van der Waals surface area (Å²) < 4.78 is 22.3. The molecule has 1 aliphatic heterocycles. The van der Waals surface area contributed by atoms with E-state index in [4.69, 9.17) is 10.5 Å². The average Bonchev–Trinajstić information content (AvgIpc) is 2.61. The number of carbonyl (C=O) groups is 1. The molecule has 148 valence electrons. The highest BCUT2D eigenvalue weighted by Gasteiger charge is 2.58. The molecule has 4 aliphatic rings. The van der Waals surface area contributed by atoms with Crippen LogP contribution >= 0.6 is 0 Å². The molecule has 28 heavy (non-hydrogen) atoms. The van der Waals surface area contributed by atoms with Gasteiger partial charge in [-0.05, 0) is 31.2 Å². The van der Waals surface area contributed by atoms with Crippen molar-refractivity contribution < 1.29 is 19.0 Å². The van der Waals surface area contributed by atoms with Gasteiger partial charge in [-0.25, -0.2) is 14.2 Å². The van der Waals surface area contributed by atoms with E-state index in [1.807, 2.05) is 0 Å². The molecule has 2 aromatic heterocycles. The molecule has 0 amide bonds. The molecule has 9 heteroatoms. The number of pyridine rings is 2. The second kappa shape index (κ2) is 5.99. The Morgan fingerprint density at radius 1 is 1.43 bits per heavy atom. The SMILES string of the molecule is NCC1CN(c2nc3c(cc2F)c(=O)c(C(=O)O)cn3C23CC(C2)C3)CCO1. The smallest absolute Gasteiger partial charge is 0.341 e. The number of ether oxygens (including phenoxy) is 1. The summed E-state index contributed by atoms with van der Waals surface area (Å²) in [6.07, 6.45) is 3.99. The van der Waals surface area contributed by atoms with Gasteiger partial charge in [-0.15, -0.1) is 0 Å². The highest BCUT2D eigenvalue weighted by Crippen LogP contribution is 2.62. The van der Waals surface area contributed by atoms with Crippen molar-refractivity contribution in [2.24, 2.45) is 11.7 Å². The summed E-state index contributed by atoms with van der Waals surface area (Å²) in [5, 5.41) is 9.45. The van der Waals surface area contributed by atoms with Crippen molar-refractivity contribution in [2.45, 2.75) is 30.9 Å². The predicted octanol–water partition coefficient (Wildman–Crippen LogP) is 0.907. The Bertz CT molecular complexity index is 1040. The maximum absolute atomic E-state index is 14.9. The van der Waals surface area contributed by atoms with Gasteiger partial charge in [-0.1, -0.05) is 0 Å². The molecule has 2 aromatic rings. The van der Waals surface area contributed by atoms with Crippen molar-refractivity contribution in [3.8, 4) is 0 Å². The van der Waals surface area contributed by atoms with E-state index in [-0.39, 0.29) is 28.4 Å². The monoisotopic (exact) mass is 388 g/mol. The number of hydrogen-bond acceptors (Lipinski definition) is 6. The summed E-state index contributed by atoms with van der Waals surface area (Å²) in [7, 11) is 0. The molecular formula is C19H21FN4O4. The van der Waals surface area contributed by atoms with Crippen LogP contribution in [0, 0.1) is 11.7 Å². The number of anilines is 1. The molecule has 3 saturated carbocycles. The fourth-order valence-electron chi connectivity index (χ4n) is 4.73. The number of aromatic carboxylic acids is 1. The summed E-state index contributed by atoms with van der Waals surface area (Å²) in [4.78, 5) is 30.5. The van der Waals surface area contributed by atoms with Crippen LogP contribution in [0.3, 0.4) is 0 Å². The largest absolute Gasteiger partial charge is 0.477 e. The third-order valence-corrected chi connectivity index (χ3v) is 6.36. The Balaban J connectivity index is 1.70. The predicted molar refractivity (Wildman–Crippen MR) is 99.2 cm³/mol. The highest BCUT2D eigenvalue weighted by atomic mass is 19.1. The van der Waals surface area contributed by atoms with Crippen LogP contribution in [0.1, 0.15) is 29.6 Å². The molecule has 8 nitrogen and oxygen atoms in total. The molecule has 1 unspecified atom stereocenters. The molecule has 6 rings (SSSR count). The van der Waals surface area contributed by atoms with Crippen LogP contribution in [-0.4, -0.2) is 53.0 Å². The minimum absolute atomic E-state index is 0.00880. The number of halogens is 1. The number of hydrogen-bond donors (Lipinski definition) is 2. The van der Waals surface area contributed by atoms with Crippen molar-refractivity contribution in [3.63, 3.8) is 0 Å². The number of nitrogens with two attached hydrogens (primary N) is 1. The first kappa shape index (κ1) is 17.6. The zero-order chi connectivity index (χ0) is 19.6. The minimum Gasteiger partial charge on any atom is -0.477 e. The first-order valence-electron chi connectivity index (χ1n) is 9.48. The molecule has 0 spiro atoms. The second-order valence-electron chi connectivity index (χ2n) is 8.09. The van der Waals surface area contributed by atoms with E-state index in [0.29, 0.717) is 37.8 Å². The molecule has 3 heterocycles. The fourth-order valence-corrected chi connectivity index (χ4v) is 4.73. The van der Waals surface area contributed by atoms with E-state index in [1.165, 1.54) is 6.20 Å². The van der Waals surface area contributed by atoms with E-state index in [1.54, 1.807) is 9.47 Å². The van der Waals surface area contributed by atoms with E-state index < -0.39 is 17.2 Å². The van der Waals surface area contributed by atoms with Crippen molar-refractivity contribution in [1.82, 2.24) is 9.55 Å². The molecule has 0 radical (unpaired) electrons. The van der Waals surface area contributed by atoms with Gasteiger partial charge in [0, 0.05) is 31.4 Å². The Morgan fingerprint density at radius 2 is 2.18 bits per heavy atom. The van der Waals surface area contributed by atoms with Gasteiger partial charge in [0.1, 0.15) is 11.2 Å². The van der Waals surface area contributed by atoms with Crippen LogP contribution in [0.4, 0.5) is 10.2 Å². The molecule has 0 aromatic carbocycles. The summed E-state index contributed by atoms with van der Waals surface area (Å²) in [6.45, 7) is 1.62. The van der Waals surface area contributed by atoms with Gasteiger partial charge in [0.15, 0.2) is 11.6 Å². The Morgan fingerprint density at radius 3 is 2.79 bits per heavy atom. The van der Waals surface area contributed by atoms with Crippen LogP contribution in [0.25, 0.3) is 11.0 Å².